The van der Waals surface area contributed by atoms with Crippen molar-refractivity contribution in [3.05, 3.63) is 58.0 Å². The number of hydrogen-bond acceptors (Lipinski definition) is 4. The quantitative estimate of drug-likeness (QED) is 0.765. The van der Waals surface area contributed by atoms with Crippen molar-refractivity contribution in [1.82, 2.24) is 4.90 Å². The van der Waals surface area contributed by atoms with Crippen molar-refractivity contribution in [1.29, 1.82) is 0 Å². The highest BCUT2D eigenvalue weighted by Crippen LogP contribution is 2.27. The van der Waals surface area contributed by atoms with Crippen LogP contribution in [0.2, 0.25) is 5.02 Å². The van der Waals surface area contributed by atoms with E-state index in [2.05, 4.69) is 21.2 Å². The average molecular weight is 440 g/mol. The summed E-state index contributed by atoms with van der Waals surface area (Å²) in [6.45, 7) is 0.0358. The number of anilines is 1. The zero-order chi connectivity index (χ0) is 18.7. The van der Waals surface area contributed by atoms with E-state index in [-0.39, 0.29) is 13.0 Å². The number of aliphatic hydroxyl groups is 1. The third-order valence-electron chi connectivity index (χ3n) is 3.95. The first kappa shape index (κ1) is 18.7. The van der Waals surface area contributed by atoms with E-state index in [1.165, 1.54) is 4.90 Å². The van der Waals surface area contributed by atoms with Gasteiger partial charge in [0, 0.05) is 16.6 Å². The molecule has 6 nitrogen and oxygen atoms in total. The van der Waals surface area contributed by atoms with E-state index in [4.69, 9.17) is 16.3 Å². The molecule has 1 heterocycles. The van der Waals surface area contributed by atoms with Gasteiger partial charge in [-0.2, -0.15) is 0 Å². The zero-order valence-electron chi connectivity index (χ0n) is 13.6. The fraction of sp³-hybridized carbons (Fsp3) is 0.222. The summed E-state index contributed by atoms with van der Waals surface area (Å²) in [6, 6.07) is 12.7. The molecule has 0 spiro atoms. The van der Waals surface area contributed by atoms with Gasteiger partial charge in [-0.3, -0.25) is 9.69 Å². The molecule has 0 bridgehead atoms. The highest BCUT2D eigenvalue weighted by atomic mass is 79.9. The third kappa shape index (κ3) is 4.35. The SMILES string of the molecule is O=C(Nc1ccc(Cl)c(Br)c1)[C@@H]1C[C@H](O)CN1C(=O)Oc1ccccc1. The number of nitrogens with one attached hydrogen (secondary N) is 1. The van der Waals surface area contributed by atoms with Crippen molar-refractivity contribution >= 4 is 45.2 Å². The highest BCUT2D eigenvalue weighted by molar-refractivity contribution is 9.10. The van der Waals surface area contributed by atoms with Crippen molar-refractivity contribution in [2.24, 2.45) is 0 Å². The lowest BCUT2D eigenvalue weighted by Gasteiger charge is -2.23. The van der Waals surface area contributed by atoms with Crippen molar-refractivity contribution < 1.29 is 19.4 Å². The molecule has 2 amide bonds. The molecule has 0 aliphatic carbocycles. The number of aliphatic hydroxyl groups excluding tert-OH is 1. The van der Waals surface area contributed by atoms with Gasteiger partial charge in [-0.15, -0.1) is 0 Å². The number of carbonyl (C=O) groups is 2. The minimum Gasteiger partial charge on any atom is -0.410 e. The van der Waals surface area contributed by atoms with Crippen molar-refractivity contribution in [2.75, 3.05) is 11.9 Å². The molecule has 0 unspecified atom stereocenters. The summed E-state index contributed by atoms with van der Waals surface area (Å²) < 4.78 is 5.93. The number of likely N-dealkylation sites (tertiary alicyclic amines) is 1. The van der Waals surface area contributed by atoms with E-state index in [1.54, 1.807) is 48.5 Å². The van der Waals surface area contributed by atoms with Crippen LogP contribution in [-0.4, -0.2) is 40.7 Å². The molecule has 0 aromatic heterocycles. The fourth-order valence-corrected chi connectivity index (χ4v) is 3.21. The van der Waals surface area contributed by atoms with Crippen molar-refractivity contribution in [2.45, 2.75) is 18.6 Å². The van der Waals surface area contributed by atoms with Crippen molar-refractivity contribution in [3.63, 3.8) is 0 Å². The van der Waals surface area contributed by atoms with Gasteiger partial charge < -0.3 is 15.2 Å². The Bertz CT molecular complexity index is 818. The smallest absolute Gasteiger partial charge is 0.410 e. The van der Waals surface area contributed by atoms with Gasteiger partial charge in [0.25, 0.3) is 0 Å². The summed E-state index contributed by atoms with van der Waals surface area (Å²) in [5.41, 5.74) is 0.532. The number of halogens is 2. The molecule has 3 rings (SSSR count). The summed E-state index contributed by atoms with van der Waals surface area (Å²) in [7, 11) is 0. The molecule has 136 valence electrons. The maximum atomic E-state index is 12.6. The number of ether oxygens (including phenoxy) is 1. The molecular weight excluding hydrogens is 424 g/mol. The summed E-state index contributed by atoms with van der Waals surface area (Å²) in [5, 5.41) is 13.2. The van der Waals surface area contributed by atoms with Crippen molar-refractivity contribution in [3.8, 4) is 5.75 Å². The van der Waals surface area contributed by atoms with Crippen LogP contribution in [0.25, 0.3) is 0 Å². The van der Waals surface area contributed by atoms with Gasteiger partial charge in [-0.1, -0.05) is 29.8 Å². The second-order valence-corrected chi connectivity index (χ2v) is 7.12. The van der Waals surface area contributed by atoms with E-state index in [0.29, 0.717) is 20.9 Å². The average Bonchev–Trinajstić information content (AvgIpc) is 3.01. The van der Waals surface area contributed by atoms with Crippen LogP contribution in [-0.2, 0) is 4.79 Å². The number of β-amino-alcohol motifs (C(OH)–C–C–N with tert-alkyl or cyclic N) is 1. The summed E-state index contributed by atoms with van der Waals surface area (Å²) in [5.74, 6) is -0.0273. The molecule has 0 radical (unpaired) electrons. The molecule has 1 fully saturated rings. The lowest BCUT2D eigenvalue weighted by Crippen LogP contribution is -2.44. The largest absolute Gasteiger partial charge is 0.416 e. The monoisotopic (exact) mass is 438 g/mol. The van der Waals surface area contributed by atoms with E-state index in [1.807, 2.05) is 0 Å². The Labute approximate surface area is 163 Å². The van der Waals surface area contributed by atoms with Crippen LogP contribution in [0.1, 0.15) is 6.42 Å². The lowest BCUT2D eigenvalue weighted by molar-refractivity contribution is -0.119. The number of amides is 2. The van der Waals surface area contributed by atoms with Crippen LogP contribution in [0.4, 0.5) is 10.5 Å². The Balaban J connectivity index is 1.71. The molecule has 0 saturated carbocycles. The fourth-order valence-electron chi connectivity index (χ4n) is 2.71. The molecule has 2 N–H and O–H groups in total. The normalized spacial score (nSPS) is 19.3. The van der Waals surface area contributed by atoms with E-state index in [9.17, 15) is 14.7 Å². The van der Waals surface area contributed by atoms with Crippen LogP contribution in [0, 0.1) is 0 Å². The predicted molar refractivity (Wildman–Crippen MR) is 101 cm³/mol. The number of benzene rings is 2. The van der Waals surface area contributed by atoms with Crippen LogP contribution >= 0.6 is 27.5 Å². The minimum atomic E-state index is -0.823. The maximum Gasteiger partial charge on any atom is 0.416 e. The van der Waals surface area contributed by atoms with Gasteiger partial charge in [-0.25, -0.2) is 4.79 Å². The highest BCUT2D eigenvalue weighted by Gasteiger charge is 2.40. The molecule has 2 atom stereocenters. The molecular formula is C18H16BrClN2O4. The Kier molecular flexibility index (Phi) is 5.80. The van der Waals surface area contributed by atoms with Gasteiger partial charge in [-0.05, 0) is 46.3 Å². The topological polar surface area (TPSA) is 78.9 Å². The number of nitrogens with zero attached hydrogens (tertiary/aromatic N) is 1. The Morgan fingerprint density at radius 3 is 2.65 bits per heavy atom. The molecule has 1 aliphatic heterocycles. The van der Waals surface area contributed by atoms with Gasteiger partial charge in [0.15, 0.2) is 0 Å². The molecule has 2 aromatic rings. The standard InChI is InChI=1S/C18H16BrClN2O4/c19-14-8-11(6-7-15(14)20)21-17(24)16-9-12(23)10-22(16)18(25)26-13-4-2-1-3-5-13/h1-8,12,16,23H,9-10H2,(H,21,24)/t12-,16-/m0/s1. The predicted octanol–water partition coefficient (Wildman–Crippen LogP) is 3.68. The number of carbonyl (C=O) groups excluding carboxylic acids is 2. The van der Waals surface area contributed by atoms with Crippen LogP contribution in [0.15, 0.2) is 53.0 Å². The molecule has 2 aromatic carbocycles. The first-order valence-corrected chi connectivity index (χ1v) is 9.08. The Morgan fingerprint density at radius 1 is 1.23 bits per heavy atom. The van der Waals surface area contributed by atoms with Gasteiger partial charge >= 0.3 is 6.09 Å². The van der Waals surface area contributed by atoms with Crippen LogP contribution in [0.5, 0.6) is 5.75 Å². The summed E-state index contributed by atoms with van der Waals surface area (Å²) in [4.78, 5) is 26.3. The van der Waals surface area contributed by atoms with E-state index in [0.717, 1.165) is 0 Å². The maximum absolute atomic E-state index is 12.6. The first-order valence-electron chi connectivity index (χ1n) is 7.91. The van der Waals surface area contributed by atoms with Gasteiger partial charge in [0.05, 0.1) is 17.7 Å². The minimum absolute atomic E-state index is 0.0358. The van der Waals surface area contributed by atoms with Crippen LogP contribution in [0.3, 0.4) is 0 Å². The molecule has 1 aliphatic rings. The Morgan fingerprint density at radius 2 is 1.96 bits per heavy atom. The number of para-hydroxylation sites is 1. The zero-order valence-corrected chi connectivity index (χ0v) is 15.9. The first-order chi connectivity index (χ1) is 12.4. The second-order valence-electron chi connectivity index (χ2n) is 5.86. The Hall–Kier alpha value is -2.09. The molecule has 26 heavy (non-hydrogen) atoms. The third-order valence-corrected chi connectivity index (χ3v) is 5.17. The summed E-state index contributed by atoms with van der Waals surface area (Å²) >= 11 is 9.24. The second kappa shape index (κ2) is 8.07. The van der Waals surface area contributed by atoms with Gasteiger partial charge in [0.1, 0.15) is 11.8 Å². The summed E-state index contributed by atoms with van der Waals surface area (Å²) in [6.07, 6.45) is -1.32. The number of hydrogen-bond donors (Lipinski definition) is 2. The van der Waals surface area contributed by atoms with E-state index < -0.39 is 24.1 Å². The lowest BCUT2D eigenvalue weighted by atomic mass is 10.2. The number of rotatable bonds is 3. The molecule has 1 saturated heterocycles. The van der Waals surface area contributed by atoms with Gasteiger partial charge in [0.2, 0.25) is 5.91 Å². The molecule has 8 heteroatoms. The van der Waals surface area contributed by atoms with E-state index >= 15 is 0 Å². The van der Waals surface area contributed by atoms with Crippen LogP contribution < -0.4 is 10.1 Å².